The highest BCUT2D eigenvalue weighted by Crippen LogP contribution is 2.25. The number of alkyl halides is 3. The molecule has 3 rings (SSSR count). The van der Waals surface area contributed by atoms with E-state index in [1.54, 1.807) is 0 Å². The monoisotopic (exact) mass is 396 g/mol. The molecule has 1 fully saturated rings. The lowest BCUT2D eigenvalue weighted by molar-refractivity contribution is -0.130. The minimum atomic E-state index is -4.91. The lowest BCUT2D eigenvalue weighted by Gasteiger charge is -2.26. The van der Waals surface area contributed by atoms with Crippen molar-refractivity contribution in [2.24, 2.45) is 4.99 Å². The Morgan fingerprint density at radius 2 is 1.93 bits per heavy atom. The first kappa shape index (κ1) is 19.9. The van der Waals surface area contributed by atoms with Crippen LogP contribution >= 0.6 is 0 Å². The van der Waals surface area contributed by atoms with Gasteiger partial charge in [0.25, 0.3) is 0 Å². The Morgan fingerprint density at radius 1 is 1.21 bits per heavy atom. The zero-order chi connectivity index (χ0) is 20.3. The minimum absolute atomic E-state index is 0.0963. The second kappa shape index (κ2) is 8.04. The summed E-state index contributed by atoms with van der Waals surface area (Å²) in [6.45, 7) is 0.347. The lowest BCUT2D eigenvalue weighted by atomic mass is 10.1. The number of ether oxygens (including phenoxy) is 1. The average Bonchev–Trinajstić information content (AvgIpc) is 2.67. The Labute approximate surface area is 158 Å². The van der Waals surface area contributed by atoms with Crippen LogP contribution in [-0.2, 0) is 4.79 Å². The number of hydrogen-bond donors (Lipinski definition) is 0. The van der Waals surface area contributed by atoms with E-state index in [-0.39, 0.29) is 11.0 Å². The Hall–Kier alpha value is -2.84. The van der Waals surface area contributed by atoms with Gasteiger partial charge < -0.3 is 14.1 Å². The van der Waals surface area contributed by atoms with Crippen molar-refractivity contribution in [3.05, 3.63) is 40.2 Å². The molecule has 0 atom stereocenters. The molecular formula is C19H19F3N2O4. The quantitative estimate of drug-likeness (QED) is 0.588. The first-order valence-corrected chi connectivity index (χ1v) is 8.81. The highest BCUT2D eigenvalue weighted by Gasteiger charge is 2.39. The molecular weight excluding hydrogens is 377 g/mol. The van der Waals surface area contributed by atoms with Crippen LogP contribution in [0.1, 0.15) is 24.8 Å². The summed E-state index contributed by atoms with van der Waals surface area (Å²) in [4.78, 5) is 29.3. The number of amides is 1. The number of methoxy groups -OCH3 is 1. The van der Waals surface area contributed by atoms with Gasteiger partial charge in [-0.3, -0.25) is 9.79 Å². The molecule has 1 aromatic heterocycles. The summed E-state index contributed by atoms with van der Waals surface area (Å²) in [5.41, 5.74) is -3.22. The molecule has 1 aliphatic rings. The van der Waals surface area contributed by atoms with Crippen LogP contribution in [0.3, 0.4) is 0 Å². The Bertz CT molecular complexity index is 960. The van der Waals surface area contributed by atoms with Gasteiger partial charge in [-0.15, -0.1) is 0 Å². The van der Waals surface area contributed by atoms with E-state index in [1.165, 1.54) is 30.2 Å². The van der Waals surface area contributed by atoms with Gasteiger partial charge in [-0.25, -0.2) is 4.79 Å². The van der Waals surface area contributed by atoms with Crippen LogP contribution in [0.2, 0.25) is 0 Å². The van der Waals surface area contributed by atoms with Gasteiger partial charge in [-0.2, -0.15) is 13.2 Å². The zero-order valence-corrected chi connectivity index (χ0v) is 15.2. The summed E-state index contributed by atoms with van der Waals surface area (Å²) >= 11 is 0. The van der Waals surface area contributed by atoms with Crippen LogP contribution in [-0.4, -0.2) is 49.4 Å². The van der Waals surface area contributed by atoms with Crippen molar-refractivity contribution in [1.82, 2.24) is 4.90 Å². The van der Waals surface area contributed by atoms with E-state index in [0.717, 1.165) is 25.3 Å². The average molecular weight is 396 g/mol. The summed E-state index contributed by atoms with van der Waals surface area (Å²) < 4.78 is 50.7. The van der Waals surface area contributed by atoms with Crippen LogP contribution in [0.25, 0.3) is 11.0 Å². The van der Waals surface area contributed by atoms with Crippen molar-refractivity contribution >= 4 is 22.6 Å². The molecule has 150 valence electrons. The molecule has 2 heterocycles. The molecule has 1 aliphatic heterocycles. The van der Waals surface area contributed by atoms with Gasteiger partial charge in [0.1, 0.15) is 17.9 Å². The summed E-state index contributed by atoms with van der Waals surface area (Å²) in [6, 6.07) is 5.49. The van der Waals surface area contributed by atoms with Crippen molar-refractivity contribution in [1.29, 1.82) is 0 Å². The van der Waals surface area contributed by atoms with Crippen LogP contribution in [0, 0.1) is 0 Å². The number of halogens is 3. The minimum Gasteiger partial charge on any atom is -0.497 e. The first-order valence-electron chi connectivity index (χ1n) is 8.81. The summed E-state index contributed by atoms with van der Waals surface area (Å²) in [7, 11) is 1.42. The van der Waals surface area contributed by atoms with E-state index in [0.29, 0.717) is 18.8 Å². The lowest BCUT2D eigenvalue weighted by Crippen LogP contribution is -2.38. The highest BCUT2D eigenvalue weighted by molar-refractivity contribution is 6.06. The fourth-order valence-corrected chi connectivity index (χ4v) is 3.10. The fraction of sp³-hybridized carbons (Fsp3) is 0.421. The van der Waals surface area contributed by atoms with Crippen LogP contribution in [0.15, 0.2) is 38.5 Å². The Kier molecular flexibility index (Phi) is 5.71. The number of nitrogens with zero attached hydrogens (tertiary/aromatic N) is 2. The van der Waals surface area contributed by atoms with E-state index in [9.17, 15) is 22.8 Å². The first-order chi connectivity index (χ1) is 13.3. The molecule has 28 heavy (non-hydrogen) atoms. The summed E-state index contributed by atoms with van der Waals surface area (Å²) in [5, 5.41) is 0.287. The molecule has 0 bridgehead atoms. The number of piperidine rings is 1. The molecule has 1 saturated heterocycles. The number of carbonyl (C=O) groups excluding carboxylic acids is 1. The predicted octanol–water partition coefficient (Wildman–Crippen LogP) is 3.17. The number of hydrogen-bond acceptors (Lipinski definition) is 5. The zero-order valence-electron chi connectivity index (χ0n) is 15.2. The largest absolute Gasteiger partial charge is 0.497 e. The van der Waals surface area contributed by atoms with Gasteiger partial charge in [-0.05, 0) is 37.5 Å². The third-order valence-corrected chi connectivity index (χ3v) is 4.55. The predicted molar refractivity (Wildman–Crippen MR) is 96.9 cm³/mol. The van der Waals surface area contributed by atoms with Crippen molar-refractivity contribution in [3.8, 4) is 5.75 Å². The molecule has 9 heteroatoms. The van der Waals surface area contributed by atoms with Gasteiger partial charge in [0, 0.05) is 24.5 Å². The normalized spacial score (nSPS) is 15.7. The number of likely N-dealkylation sites (tertiary alicyclic amines) is 1. The molecule has 1 amide bonds. The van der Waals surface area contributed by atoms with E-state index in [4.69, 9.17) is 9.15 Å². The standard InChI is InChI=1S/C19H19F3N2O4/c1-27-13-6-5-12-9-14(18(26)28-15(12)10-13)17(19(20,21)22)23-11-16(25)24-7-3-2-4-8-24/h5-6,9-10H,2-4,7-8,11H2,1H3/b23-17-. The molecule has 0 spiro atoms. The SMILES string of the molecule is COc1ccc2cc(/C(=N/CC(=O)N3CCCCC3)C(F)(F)F)c(=O)oc2c1. The van der Waals surface area contributed by atoms with Crippen LogP contribution in [0.4, 0.5) is 13.2 Å². The van der Waals surface area contributed by atoms with Gasteiger partial charge in [-0.1, -0.05) is 0 Å². The van der Waals surface area contributed by atoms with Gasteiger partial charge in [0.15, 0.2) is 5.71 Å². The second-order valence-electron chi connectivity index (χ2n) is 6.46. The maximum absolute atomic E-state index is 13.5. The summed E-state index contributed by atoms with van der Waals surface area (Å²) in [5.74, 6) is -0.0865. The molecule has 1 aromatic carbocycles. The van der Waals surface area contributed by atoms with E-state index >= 15 is 0 Å². The van der Waals surface area contributed by atoms with Crippen molar-refractivity contribution in [3.63, 3.8) is 0 Å². The van der Waals surface area contributed by atoms with Crippen molar-refractivity contribution in [2.75, 3.05) is 26.7 Å². The number of benzene rings is 1. The topological polar surface area (TPSA) is 72.1 Å². The summed E-state index contributed by atoms with van der Waals surface area (Å²) in [6.07, 6.45) is -2.28. The van der Waals surface area contributed by atoms with Gasteiger partial charge >= 0.3 is 11.8 Å². The smallest absolute Gasteiger partial charge is 0.433 e. The van der Waals surface area contributed by atoms with E-state index < -0.39 is 35.5 Å². The molecule has 0 radical (unpaired) electrons. The third-order valence-electron chi connectivity index (χ3n) is 4.55. The van der Waals surface area contributed by atoms with Crippen molar-refractivity contribution < 1.29 is 27.1 Å². The highest BCUT2D eigenvalue weighted by atomic mass is 19.4. The van der Waals surface area contributed by atoms with Crippen molar-refractivity contribution in [2.45, 2.75) is 25.4 Å². The maximum atomic E-state index is 13.5. The number of fused-ring (bicyclic) bond motifs is 1. The number of carbonyl (C=O) groups is 1. The van der Waals surface area contributed by atoms with Crippen LogP contribution in [0.5, 0.6) is 5.75 Å². The molecule has 0 saturated carbocycles. The van der Waals surface area contributed by atoms with Gasteiger partial charge in [0.2, 0.25) is 5.91 Å². The number of rotatable bonds is 4. The molecule has 2 aromatic rings. The number of aliphatic imine (C=N–C) groups is 1. The van der Waals surface area contributed by atoms with Crippen LogP contribution < -0.4 is 10.4 Å². The third kappa shape index (κ3) is 4.35. The second-order valence-corrected chi connectivity index (χ2v) is 6.46. The Morgan fingerprint density at radius 3 is 2.57 bits per heavy atom. The molecule has 6 nitrogen and oxygen atoms in total. The molecule has 0 N–H and O–H groups in total. The van der Waals surface area contributed by atoms with E-state index in [1.807, 2.05) is 0 Å². The fourth-order valence-electron chi connectivity index (χ4n) is 3.10. The molecule has 0 aliphatic carbocycles. The Balaban J connectivity index is 1.96. The van der Waals surface area contributed by atoms with E-state index in [2.05, 4.69) is 4.99 Å². The molecule has 0 unspecified atom stereocenters. The van der Waals surface area contributed by atoms with Gasteiger partial charge in [0.05, 0.1) is 12.7 Å². The maximum Gasteiger partial charge on any atom is 0.433 e.